The summed E-state index contributed by atoms with van der Waals surface area (Å²) in [6.45, 7) is 5.18. The van der Waals surface area contributed by atoms with Gasteiger partial charge in [0.25, 0.3) is 0 Å². The third-order valence-corrected chi connectivity index (χ3v) is 7.23. The van der Waals surface area contributed by atoms with Crippen LogP contribution in [0.2, 0.25) is 0 Å². The SMILES string of the molecule is Cl.O=S(=O)(c1cccc(-c2ccccc2)c1)N1CCC(N2CCNCC2)C1. The second-order valence-electron chi connectivity index (χ2n) is 6.99. The van der Waals surface area contributed by atoms with E-state index in [0.717, 1.165) is 43.7 Å². The fourth-order valence-corrected chi connectivity index (χ4v) is 5.43. The van der Waals surface area contributed by atoms with Crippen LogP contribution in [0.3, 0.4) is 0 Å². The molecule has 2 aromatic rings. The molecule has 1 atom stereocenters. The first-order valence-corrected chi connectivity index (χ1v) is 10.7. The maximum atomic E-state index is 13.1. The zero-order valence-corrected chi connectivity index (χ0v) is 16.9. The van der Waals surface area contributed by atoms with Gasteiger partial charge in [0.15, 0.2) is 0 Å². The second kappa shape index (κ2) is 8.71. The summed E-state index contributed by atoms with van der Waals surface area (Å²) in [6.07, 6.45) is 0.914. The predicted octanol–water partition coefficient (Wildman–Crippen LogP) is 2.44. The van der Waals surface area contributed by atoms with Crippen LogP contribution in [-0.2, 0) is 10.0 Å². The zero-order chi connectivity index (χ0) is 18.0. The largest absolute Gasteiger partial charge is 0.314 e. The molecule has 0 spiro atoms. The predicted molar refractivity (Wildman–Crippen MR) is 111 cm³/mol. The van der Waals surface area contributed by atoms with E-state index in [1.54, 1.807) is 16.4 Å². The highest BCUT2D eigenvalue weighted by Crippen LogP contribution is 2.27. The topological polar surface area (TPSA) is 52.7 Å². The van der Waals surface area contributed by atoms with Crippen LogP contribution in [0.25, 0.3) is 11.1 Å². The Balaban J connectivity index is 0.00000210. The Morgan fingerprint density at radius 2 is 1.59 bits per heavy atom. The summed E-state index contributed by atoms with van der Waals surface area (Å²) >= 11 is 0. The molecule has 5 nitrogen and oxygen atoms in total. The molecule has 2 fully saturated rings. The van der Waals surface area contributed by atoms with Crippen molar-refractivity contribution in [2.75, 3.05) is 39.3 Å². The number of nitrogens with zero attached hydrogens (tertiary/aromatic N) is 2. The van der Waals surface area contributed by atoms with Crippen LogP contribution in [0.15, 0.2) is 59.5 Å². The Morgan fingerprint density at radius 1 is 0.889 bits per heavy atom. The van der Waals surface area contributed by atoms with E-state index in [1.807, 2.05) is 42.5 Å². The minimum Gasteiger partial charge on any atom is -0.314 e. The van der Waals surface area contributed by atoms with Gasteiger partial charge in [0.05, 0.1) is 4.90 Å². The normalized spacial score (nSPS) is 21.7. The number of hydrogen-bond donors (Lipinski definition) is 1. The first-order valence-electron chi connectivity index (χ1n) is 9.25. The summed E-state index contributed by atoms with van der Waals surface area (Å²) in [6, 6.07) is 17.5. The number of benzene rings is 2. The first-order chi connectivity index (χ1) is 12.6. The first kappa shape index (κ1) is 20.3. The molecule has 0 saturated carbocycles. The molecular formula is C20H26ClN3O2S. The Bertz CT molecular complexity index is 855. The van der Waals surface area contributed by atoms with Gasteiger partial charge in [-0.25, -0.2) is 8.42 Å². The molecule has 0 aliphatic carbocycles. The third kappa shape index (κ3) is 4.36. The minimum atomic E-state index is -3.45. The van der Waals surface area contributed by atoms with Crippen LogP contribution in [0.4, 0.5) is 0 Å². The fourth-order valence-electron chi connectivity index (χ4n) is 3.89. The summed E-state index contributed by atoms with van der Waals surface area (Å²) in [5.41, 5.74) is 1.97. The number of rotatable bonds is 4. The molecule has 0 radical (unpaired) electrons. The van der Waals surface area contributed by atoms with Gasteiger partial charge in [-0.1, -0.05) is 42.5 Å². The Morgan fingerprint density at radius 3 is 2.33 bits per heavy atom. The van der Waals surface area contributed by atoms with E-state index >= 15 is 0 Å². The molecule has 2 saturated heterocycles. The van der Waals surface area contributed by atoms with Gasteiger partial charge in [-0.3, -0.25) is 4.90 Å². The number of nitrogens with one attached hydrogen (secondary N) is 1. The quantitative estimate of drug-likeness (QED) is 0.845. The van der Waals surface area contributed by atoms with Crippen molar-refractivity contribution in [3.8, 4) is 11.1 Å². The van der Waals surface area contributed by atoms with E-state index in [4.69, 9.17) is 0 Å². The van der Waals surface area contributed by atoms with E-state index < -0.39 is 10.0 Å². The number of piperazine rings is 1. The molecule has 0 bridgehead atoms. The summed E-state index contributed by atoms with van der Waals surface area (Å²) in [5.74, 6) is 0. The molecule has 2 aliphatic rings. The van der Waals surface area contributed by atoms with Gasteiger partial charge < -0.3 is 5.32 Å². The maximum Gasteiger partial charge on any atom is 0.243 e. The van der Waals surface area contributed by atoms with Crippen LogP contribution in [0, 0.1) is 0 Å². The molecule has 0 amide bonds. The van der Waals surface area contributed by atoms with Crippen LogP contribution in [0.5, 0.6) is 0 Å². The Labute approximate surface area is 167 Å². The number of hydrogen-bond acceptors (Lipinski definition) is 4. The van der Waals surface area contributed by atoms with Crippen molar-refractivity contribution in [1.29, 1.82) is 0 Å². The van der Waals surface area contributed by atoms with Gasteiger partial charge in [-0.2, -0.15) is 4.31 Å². The van der Waals surface area contributed by atoms with Crippen molar-refractivity contribution in [2.45, 2.75) is 17.4 Å². The van der Waals surface area contributed by atoms with E-state index in [0.29, 0.717) is 24.0 Å². The molecule has 4 rings (SSSR count). The van der Waals surface area contributed by atoms with Crippen LogP contribution < -0.4 is 5.32 Å². The van der Waals surface area contributed by atoms with Gasteiger partial charge in [0, 0.05) is 45.3 Å². The van der Waals surface area contributed by atoms with Crippen LogP contribution in [-0.4, -0.2) is 62.9 Å². The highest BCUT2D eigenvalue weighted by molar-refractivity contribution is 7.89. The zero-order valence-electron chi connectivity index (χ0n) is 15.3. The minimum absolute atomic E-state index is 0. The molecule has 2 heterocycles. The summed E-state index contributed by atoms with van der Waals surface area (Å²) in [7, 11) is -3.45. The van der Waals surface area contributed by atoms with Gasteiger partial charge >= 0.3 is 0 Å². The summed E-state index contributed by atoms with van der Waals surface area (Å²) in [5, 5.41) is 3.35. The van der Waals surface area contributed by atoms with E-state index in [1.165, 1.54) is 0 Å². The van der Waals surface area contributed by atoms with Gasteiger partial charge in [-0.05, 0) is 29.7 Å². The van der Waals surface area contributed by atoms with Crippen LogP contribution in [0.1, 0.15) is 6.42 Å². The van der Waals surface area contributed by atoms with Crippen molar-refractivity contribution < 1.29 is 8.42 Å². The average molecular weight is 408 g/mol. The molecular weight excluding hydrogens is 382 g/mol. The van der Waals surface area contributed by atoms with Gasteiger partial charge in [-0.15, -0.1) is 12.4 Å². The summed E-state index contributed by atoms with van der Waals surface area (Å²) in [4.78, 5) is 2.81. The maximum absolute atomic E-state index is 13.1. The van der Waals surface area contributed by atoms with Crippen LogP contribution >= 0.6 is 12.4 Å². The van der Waals surface area contributed by atoms with Crippen molar-refractivity contribution in [3.05, 3.63) is 54.6 Å². The highest BCUT2D eigenvalue weighted by atomic mass is 35.5. The van der Waals surface area contributed by atoms with Gasteiger partial charge in [0.2, 0.25) is 10.0 Å². The number of halogens is 1. The van der Waals surface area contributed by atoms with E-state index in [9.17, 15) is 8.42 Å². The second-order valence-corrected chi connectivity index (χ2v) is 8.92. The van der Waals surface area contributed by atoms with Crippen molar-refractivity contribution >= 4 is 22.4 Å². The van der Waals surface area contributed by atoms with E-state index in [-0.39, 0.29) is 12.4 Å². The molecule has 0 aromatic heterocycles. The number of sulfonamides is 1. The Kier molecular flexibility index (Phi) is 6.55. The van der Waals surface area contributed by atoms with Gasteiger partial charge in [0.1, 0.15) is 0 Å². The Hall–Kier alpha value is -1.44. The lowest BCUT2D eigenvalue weighted by molar-refractivity contribution is 0.179. The highest BCUT2D eigenvalue weighted by Gasteiger charge is 2.35. The molecule has 1 unspecified atom stereocenters. The molecule has 27 heavy (non-hydrogen) atoms. The monoisotopic (exact) mass is 407 g/mol. The standard InChI is InChI=1S/C20H25N3O2S.ClH/c24-26(25,23-12-9-19(16-23)22-13-10-21-11-14-22)20-8-4-7-18(15-20)17-5-2-1-3-6-17;/h1-8,15,19,21H,9-14,16H2;1H. The molecule has 1 N–H and O–H groups in total. The lowest BCUT2D eigenvalue weighted by Crippen LogP contribution is -2.49. The van der Waals surface area contributed by atoms with E-state index in [2.05, 4.69) is 10.2 Å². The molecule has 2 aliphatic heterocycles. The third-order valence-electron chi connectivity index (χ3n) is 5.37. The van der Waals surface area contributed by atoms with Crippen molar-refractivity contribution in [3.63, 3.8) is 0 Å². The smallest absolute Gasteiger partial charge is 0.243 e. The van der Waals surface area contributed by atoms with Crippen molar-refractivity contribution in [2.24, 2.45) is 0 Å². The lowest BCUT2D eigenvalue weighted by atomic mass is 10.1. The summed E-state index contributed by atoms with van der Waals surface area (Å²) < 4.78 is 27.9. The molecule has 7 heteroatoms. The molecule has 146 valence electrons. The fraction of sp³-hybridized carbons (Fsp3) is 0.400. The lowest BCUT2D eigenvalue weighted by Gasteiger charge is -2.32. The molecule has 2 aromatic carbocycles. The van der Waals surface area contributed by atoms with Crippen molar-refractivity contribution in [1.82, 2.24) is 14.5 Å². The average Bonchev–Trinajstić information content (AvgIpc) is 3.21.